The van der Waals surface area contributed by atoms with Crippen LogP contribution in [0, 0.1) is 6.92 Å². The second kappa shape index (κ2) is 12.6. The third-order valence-corrected chi connectivity index (χ3v) is 7.15. The van der Waals surface area contributed by atoms with Crippen LogP contribution >= 0.6 is 0 Å². The van der Waals surface area contributed by atoms with E-state index in [0.717, 1.165) is 54.6 Å². The molecule has 1 unspecified atom stereocenters. The molecule has 0 bridgehead atoms. The Labute approximate surface area is 234 Å². The van der Waals surface area contributed by atoms with Crippen LogP contribution in [0.3, 0.4) is 0 Å². The van der Waals surface area contributed by atoms with Gasteiger partial charge in [0.1, 0.15) is 29.7 Å². The summed E-state index contributed by atoms with van der Waals surface area (Å²) in [5.74, 6) is 2.99. The highest BCUT2D eigenvalue weighted by atomic mass is 16.5. The van der Waals surface area contributed by atoms with E-state index >= 15 is 0 Å². The fourth-order valence-electron chi connectivity index (χ4n) is 4.85. The van der Waals surface area contributed by atoms with Crippen LogP contribution in [0.1, 0.15) is 16.8 Å². The highest BCUT2D eigenvalue weighted by molar-refractivity contribution is 5.82. The van der Waals surface area contributed by atoms with Gasteiger partial charge < -0.3 is 19.7 Å². The first-order chi connectivity index (χ1) is 19.5. The molecule has 2 aromatic carbocycles. The monoisotopic (exact) mass is 541 g/mol. The molecule has 208 valence electrons. The first-order valence-electron chi connectivity index (χ1n) is 13.4. The summed E-state index contributed by atoms with van der Waals surface area (Å²) in [4.78, 5) is 31.6. The van der Waals surface area contributed by atoms with Gasteiger partial charge in [0.2, 0.25) is 11.9 Å². The van der Waals surface area contributed by atoms with Crippen LogP contribution in [0.2, 0.25) is 0 Å². The fourth-order valence-corrected chi connectivity index (χ4v) is 4.85. The van der Waals surface area contributed by atoms with Crippen molar-refractivity contribution in [3.8, 4) is 17.4 Å². The number of rotatable bonds is 10. The highest BCUT2D eigenvalue weighted by Gasteiger charge is 2.33. The minimum Gasteiger partial charge on any atom is -0.497 e. The summed E-state index contributed by atoms with van der Waals surface area (Å²) in [5, 5.41) is 3.16. The molecule has 0 aliphatic carbocycles. The van der Waals surface area contributed by atoms with Crippen molar-refractivity contribution < 1.29 is 14.3 Å². The maximum atomic E-state index is 13.6. The van der Waals surface area contributed by atoms with E-state index in [1.165, 1.54) is 5.56 Å². The number of aromatic nitrogens is 4. The number of ether oxygens (including phenoxy) is 2. The van der Waals surface area contributed by atoms with E-state index in [1.54, 1.807) is 31.3 Å². The number of hydrogen-bond donors (Lipinski definition) is 1. The maximum absolute atomic E-state index is 13.6. The zero-order chi connectivity index (χ0) is 27.9. The Balaban J connectivity index is 1.32. The molecule has 1 aliphatic heterocycles. The maximum Gasteiger partial charge on any atom is 0.239 e. The third-order valence-electron chi connectivity index (χ3n) is 7.15. The average Bonchev–Trinajstić information content (AvgIpc) is 3.54. The van der Waals surface area contributed by atoms with Gasteiger partial charge in [0.05, 0.1) is 14.2 Å². The zero-order valence-corrected chi connectivity index (χ0v) is 23.2. The van der Waals surface area contributed by atoms with Crippen molar-refractivity contribution in [3.63, 3.8) is 0 Å². The number of aryl methyl sites for hydroxylation is 1. The molecular formula is C30H35N7O3. The van der Waals surface area contributed by atoms with E-state index < -0.39 is 0 Å². The van der Waals surface area contributed by atoms with Gasteiger partial charge in [-0.25, -0.2) is 9.97 Å². The lowest BCUT2D eigenvalue weighted by atomic mass is 10.1. The predicted octanol–water partition coefficient (Wildman–Crippen LogP) is 3.04. The fraction of sp³-hybridized carbons (Fsp3) is 0.333. The smallest absolute Gasteiger partial charge is 0.239 e. The molecule has 0 radical (unpaired) electrons. The van der Waals surface area contributed by atoms with E-state index in [4.69, 9.17) is 14.5 Å². The van der Waals surface area contributed by atoms with Gasteiger partial charge in [0.15, 0.2) is 0 Å². The average molecular weight is 542 g/mol. The molecule has 40 heavy (non-hydrogen) atoms. The topological polar surface area (TPSA) is 97.6 Å². The predicted molar refractivity (Wildman–Crippen MR) is 153 cm³/mol. The van der Waals surface area contributed by atoms with Crippen LogP contribution in [0.4, 0.5) is 5.82 Å². The van der Waals surface area contributed by atoms with Crippen molar-refractivity contribution >= 4 is 11.7 Å². The molecule has 5 rings (SSSR count). The van der Waals surface area contributed by atoms with Crippen LogP contribution in [0.5, 0.6) is 11.5 Å². The number of amides is 1. The van der Waals surface area contributed by atoms with Gasteiger partial charge in [-0.2, -0.15) is 4.98 Å². The van der Waals surface area contributed by atoms with Crippen molar-refractivity contribution in [2.45, 2.75) is 25.9 Å². The Morgan fingerprint density at radius 2 is 1.68 bits per heavy atom. The summed E-state index contributed by atoms with van der Waals surface area (Å²) in [7, 11) is 3.31. The second-order valence-electron chi connectivity index (χ2n) is 9.80. The molecule has 4 aromatic rings. The molecule has 1 N–H and O–H groups in total. The first-order valence-corrected chi connectivity index (χ1v) is 13.4. The van der Waals surface area contributed by atoms with Crippen molar-refractivity contribution in [1.82, 2.24) is 29.7 Å². The van der Waals surface area contributed by atoms with E-state index in [0.29, 0.717) is 19.0 Å². The number of carbonyl (C=O) groups excluding carboxylic acids is 1. The van der Waals surface area contributed by atoms with Gasteiger partial charge in [-0.1, -0.05) is 24.3 Å². The van der Waals surface area contributed by atoms with Gasteiger partial charge in [-0.05, 0) is 48.7 Å². The summed E-state index contributed by atoms with van der Waals surface area (Å²) < 4.78 is 12.3. The molecule has 1 atom stereocenters. The number of hydrogen-bond acceptors (Lipinski definition) is 8. The van der Waals surface area contributed by atoms with Crippen molar-refractivity contribution in [1.29, 1.82) is 0 Å². The molecule has 10 heteroatoms. The molecular weight excluding hydrogens is 506 g/mol. The Hall–Kier alpha value is -4.44. The SMILES string of the molecule is COc1ccc(CCN2CCN(c3cc(C)nc(-n4ccnc4)n3)CC2C(=O)NCc2ccc(OC)cc2)cc1. The Morgan fingerprint density at radius 1 is 0.975 bits per heavy atom. The van der Waals surface area contributed by atoms with Gasteiger partial charge in [-0.15, -0.1) is 0 Å². The summed E-state index contributed by atoms with van der Waals surface area (Å²) in [5.41, 5.74) is 3.08. The number of carbonyl (C=O) groups is 1. The highest BCUT2D eigenvalue weighted by Crippen LogP contribution is 2.21. The van der Waals surface area contributed by atoms with Gasteiger partial charge >= 0.3 is 0 Å². The summed E-state index contributed by atoms with van der Waals surface area (Å²) in [6.45, 7) is 5.19. The first kappa shape index (κ1) is 27.1. The van der Waals surface area contributed by atoms with Crippen LogP contribution in [0.25, 0.3) is 5.95 Å². The molecule has 0 saturated carbocycles. The van der Waals surface area contributed by atoms with Crippen LogP contribution in [-0.2, 0) is 17.8 Å². The number of piperazine rings is 1. The number of nitrogens with one attached hydrogen (secondary N) is 1. The van der Waals surface area contributed by atoms with E-state index in [1.807, 2.05) is 55.6 Å². The number of imidazole rings is 1. The number of methoxy groups -OCH3 is 2. The van der Waals surface area contributed by atoms with Crippen molar-refractivity contribution in [3.05, 3.63) is 90.1 Å². The normalized spacial score (nSPS) is 15.6. The van der Waals surface area contributed by atoms with Crippen molar-refractivity contribution in [2.75, 3.05) is 45.3 Å². The minimum atomic E-state index is -0.336. The number of benzene rings is 2. The molecule has 3 heterocycles. The molecule has 1 saturated heterocycles. The largest absolute Gasteiger partial charge is 0.497 e. The number of anilines is 1. The standard InChI is InChI=1S/C30H35N7O3/c1-22-18-28(34-30(33-22)37-15-13-31-21-37)36-17-16-35(14-12-23-4-8-25(39-2)9-5-23)27(20-36)29(38)32-19-24-6-10-26(40-3)11-7-24/h4-11,13,15,18,21,27H,12,14,16-17,19-20H2,1-3H3,(H,32,38). The Bertz CT molecular complexity index is 1390. The molecule has 2 aromatic heterocycles. The van der Waals surface area contributed by atoms with Crippen molar-refractivity contribution in [2.24, 2.45) is 0 Å². The van der Waals surface area contributed by atoms with Crippen LogP contribution in [0.15, 0.2) is 73.3 Å². The van der Waals surface area contributed by atoms with Crippen LogP contribution in [-0.4, -0.2) is 76.8 Å². The lowest BCUT2D eigenvalue weighted by molar-refractivity contribution is -0.126. The summed E-state index contributed by atoms with van der Waals surface area (Å²) in [6.07, 6.45) is 6.05. The number of nitrogens with zero attached hydrogens (tertiary/aromatic N) is 6. The summed E-state index contributed by atoms with van der Waals surface area (Å²) in [6, 6.07) is 17.5. The summed E-state index contributed by atoms with van der Waals surface area (Å²) >= 11 is 0. The molecule has 1 amide bonds. The Morgan fingerprint density at radius 3 is 2.33 bits per heavy atom. The molecule has 1 aliphatic rings. The van der Waals surface area contributed by atoms with E-state index in [9.17, 15) is 4.79 Å². The van der Waals surface area contributed by atoms with Gasteiger partial charge in [0.25, 0.3) is 0 Å². The quantitative estimate of drug-likeness (QED) is 0.327. The van der Waals surface area contributed by atoms with Gasteiger partial charge in [-0.3, -0.25) is 14.3 Å². The lowest BCUT2D eigenvalue weighted by Crippen LogP contribution is -2.59. The van der Waals surface area contributed by atoms with E-state index in [2.05, 4.69) is 37.2 Å². The molecule has 1 fully saturated rings. The van der Waals surface area contributed by atoms with E-state index in [-0.39, 0.29) is 11.9 Å². The Kier molecular flexibility index (Phi) is 8.56. The third kappa shape index (κ3) is 6.58. The zero-order valence-electron chi connectivity index (χ0n) is 23.2. The van der Waals surface area contributed by atoms with Gasteiger partial charge in [0, 0.05) is 56.9 Å². The minimum absolute atomic E-state index is 0.00383. The van der Waals surface area contributed by atoms with Crippen LogP contribution < -0.4 is 19.7 Å². The lowest BCUT2D eigenvalue weighted by Gasteiger charge is -2.41. The molecule has 10 nitrogen and oxygen atoms in total. The second-order valence-corrected chi connectivity index (χ2v) is 9.80. The molecule has 0 spiro atoms.